The number of carboxylic acids is 1. The summed E-state index contributed by atoms with van der Waals surface area (Å²) in [5.74, 6) is -2.39. The molecule has 0 aliphatic heterocycles. The second-order valence-electron chi connectivity index (χ2n) is 4.48. The van der Waals surface area contributed by atoms with Crippen molar-refractivity contribution < 1.29 is 27.5 Å². The number of hydrogen-bond acceptors (Lipinski definition) is 5. The lowest BCUT2D eigenvalue weighted by Crippen LogP contribution is -2.33. The zero-order chi connectivity index (χ0) is 17.0. The summed E-state index contributed by atoms with van der Waals surface area (Å²) in [4.78, 5) is 23.4. The fraction of sp³-hybridized carbons (Fsp3) is 0.143. The van der Waals surface area contributed by atoms with Crippen LogP contribution in [0, 0.1) is 0 Å². The van der Waals surface area contributed by atoms with Crippen LogP contribution >= 0.6 is 0 Å². The predicted molar refractivity (Wildman–Crippen MR) is 79.2 cm³/mol. The number of sulfonamides is 1. The standard InChI is InChI=1S/C14H14N2O6S/c1-15-23(20,21)11-8-7-10(22-11)13(17)16-12(14(18)19)9-5-3-2-4-6-9/h2-8,12,15H,1H3,(H,16,17)(H,18,19)/t12-/m0/s1. The summed E-state index contributed by atoms with van der Waals surface area (Å²) in [7, 11) is -2.62. The maximum Gasteiger partial charge on any atom is 0.330 e. The van der Waals surface area contributed by atoms with Gasteiger partial charge in [-0.05, 0) is 24.7 Å². The van der Waals surface area contributed by atoms with Gasteiger partial charge in [-0.2, -0.15) is 0 Å². The molecule has 122 valence electrons. The number of furan rings is 1. The molecule has 0 unspecified atom stereocenters. The first kappa shape index (κ1) is 16.7. The maximum absolute atomic E-state index is 12.1. The minimum atomic E-state index is -3.82. The molecule has 3 N–H and O–H groups in total. The molecule has 9 heteroatoms. The van der Waals surface area contributed by atoms with E-state index in [4.69, 9.17) is 4.42 Å². The highest BCUT2D eigenvalue weighted by Crippen LogP contribution is 2.17. The number of carboxylic acid groups (broad SMARTS) is 1. The van der Waals surface area contributed by atoms with E-state index in [-0.39, 0.29) is 5.76 Å². The number of benzene rings is 1. The molecular formula is C14H14N2O6S. The number of rotatable bonds is 6. The molecule has 0 bridgehead atoms. The highest BCUT2D eigenvalue weighted by Gasteiger charge is 2.25. The normalized spacial score (nSPS) is 12.6. The van der Waals surface area contributed by atoms with Gasteiger partial charge in [-0.1, -0.05) is 30.3 Å². The zero-order valence-corrected chi connectivity index (χ0v) is 12.8. The number of aliphatic carboxylic acids is 1. The van der Waals surface area contributed by atoms with E-state index in [2.05, 4.69) is 5.32 Å². The number of amides is 1. The Labute approximate surface area is 132 Å². The Morgan fingerprint density at radius 2 is 1.78 bits per heavy atom. The average Bonchev–Trinajstić information content (AvgIpc) is 3.04. The van der Waals surface area contributed by atoms with E-state index in [1.165, 1.54) is 7.05 Å². The zero-order valence-electron chi connectivity index (χ0n) is 12.0. The van der Waals surface area contributed by atoms with Crippen LogP contribution in [-0.4, -0.2) is 32.4 Å². The summed E-state index contributed by atoms with van der Waals surface area (Å²) in [5, 5.41) is 11.1. The summed E-state index contributed by atoms with van der Waals surface area (Å²) >= 11 is 0. The topological polar surface area (TPSA) is 126 Å². The fourth-order valence-corrected chi connectivity index (χ4v) is 2.47. The van der Waals surface area contributed by atoms with Crippen molar-refractivity contribution in [2.75, 3.05) is 7.05 Å². The molecule has 0 spiro atoms. The highest BCUT2D eigenvalue weighted by atomic mass is 32.2. The summed E-state index contributed by atoms with van der Waals surface area (Å²) in [6.07, 6.45) is 0. The largest absolute Gasteiger partial charge is 0.479 e. The van der Waals surface area contributed by atoms with E-state index in [0.717, 1.165) is 12.1 Å². The molecule has 23 heavy (non-hydrogen) atoms. The van der Waals surface area contributed by atoms with E-state index in [1.807, 2.05) is 4.72 Å². The molecule has 8 nitrogen and oxygen atoms in total. The lowest BCUT2D eigenvalue weighted by molar-refractivity contribution is -0.139. The van der Waals surface area contributed by atoms with Crippen molar-refractivity contribution in [1.29, 1.82) is 0 Å². The molecule has 2 aromatic rings. The van der Waals surface area contributed by atoms with Crippen molar-refractivity contribution in [3.05, 3.63) is 53.8 Å². The second-order valence-corrected chi connectivity index (χ2v) is 6.30. The number of hydrogen-bond donors (Lipinski definition) is 3. The van der Waals surface area contributed by atoms with Crippen LogP contribution in [0.25, 0.3) is 0 Å². The molecule has 1 atom stereocenters. The van der Waals surface area contributed by atoms with E-state index >= 15 is 0 Å². The van der Waals surface area contributed by atoms with Crippen molar-refractivity contribution in [2.45, 2.75) is 11.1 Å². The Morgan fingerprint density at radius 3 is 2.35 bits per heavy atom. The monoisotopic (exact) mass is 338 g/mol. The molecule has 1 aromatic carbocycles. The van der Waals surface area contributed by atoms with Gasteiger partial charge in [-0.3, -0.25) is 4.79 Å². The van der Waals surface area contributed by atoms with Gasteiger partial charge in [0.25, 0.3) is 15.9 Å². The SMILES string of the molecule is CNS(=O)(=O)c1ccc(C(=O)N[C@H](C(=O)O)c2ccccc2)o1. The van der Waals surface area contributed by atoms with Gasteiger partial charge in [-0.15, -0.1) is 0 Å². The molecule has 1 heterocycles. The van der Waals surface area contributed by atoms with Gasteiger partial charge in [-0.25, -0.2) is 17.9 Å². The van der Waals surface area contributed by atoms with Gasteiger partial charge in [0.1, 0.15) is 0 Å². The van der Waals surface area contributed by atoms with E-state index in [0.29, 0.717) is 5.56 Å². The first-order valence-corrected chi connectivity index (χ1v) is 7.95. The summed E-state index contributed by atoms with van der Waals surface area (Å²) in [6, 6.07) is 9.09. The number of carbonyl (C=O) groups is 2. The summed E-state index contributed by atoms with van der Waals surface area (Å²) in [5.41, 5.74) is 0.378. The van der Waals surface area contributed by atoms with Crippen LogP contribution in [-0.2, 0) is 14.8 Å². The second kappa shape index (κ2) is 6.63. The molecular weight excluding hydrogens is 324 g/mol. The minimum Gasteiger partial charge on any atom is -0.479 e. The van der Waals surface area contributed by atoms with Gasteiger partial charge >= 0.3 is 5.97 Å². The number of carbonyl (C=O) groups excluding carboxylic acids is 1. The Bertz CT molecular complexity index is 813. The molecule has 0 radical (unpaired) electrons. The molecule has 0 saturated carbocycles. The van der Waals surface area contributed by atoms with E-state index in [9.17, 15) is 23.1 Å². The van der Waals surface area contributed by atoms with Gasteiger partial charge in [0.05, 0.1) is 0 Å². The van der Waals surface area contributed by atoms with Crippen molar-refractivity contribution >= 4 is 21.9 Å². The van der Waals surface area contributed by atoms with Crippen molar-refractivity contribution in [1.82, 2.24) is 10.0 Å². The third-order valence-corrected chi connectivity index (χ3v) is 4.28. The summed E-state index contributed by atoms with van der Waals surface area (Å²) in [6.45, 7) is 0. The van der Waals surface area contributed by atoms with Crippen LogP contribution in [0.15, 0.2) is 52.0 Å². The van der Waals surface area contributed by atoms with Crippen molar-refractivity contribution in [3.8, 4) is 0 Å². The smallest absolute Gasteiger partial charge is 0.330 e. The molecule has 0 fully saturated rings. The van der Waals surface area contributed by atoms with Crippen LogP contribution in [0.4, 0.5) is 0 Å². The lowest BCUT2D eigenvalue weighted by Gasteiger charge is -2.13. The first-order valence-electron chi connectivity index (χ1n) is 6.47. The highest BCUT2D eigenvalue weighted by molar-refractivity contribution is 7.89. The first-order chi connectivity index (χ1) is 10.8. The third kappa shape index (κ3) is 3.76. The van der Waals surface area contributed by atoms with Crippen molar-refractivity contribution in [2.24, 2.45) is 0 Å². The minimum absolute atomic E-state index is 0.305. The van der Waals surface area contributed by atoms with Crippen LogP contribution in [0.1, 0.15) is 22.2 Å². The average molecular weight is 338 g/mol. The fourth-order valence-electron chi connectivity index (χ4n) is 1.82. The molecule has 0 saturated heterocycles. The van der Waals surface area contributed by atoms with Crippen LogP contribution in [0.5, 0.6) is 0 Å². The van der Waals surface area contributed by atoms with E-state index < -0.39 is 33.0 Å². The molecule has 1 amide bonds. The van der Waals surface area contributed by atoms with Crippen LogP contribution in [0.3, 0.4) is 0 Å². The maximum atomic E-state index is 12.1. The van der Waals surface area contributed by atoms with Gasteiger partial charge in [0.15, 0.2) is 11.8 Å². The van der Waals surface area contributed by atoms with Crippen LogP contribution in [0.2, 0.25) is 0 Å². The van der Waals surface area contributed by atoms with E-state index in [1.54, 1.807) is 30.3 Å². The Balaban J connectivity index is 2.22. The Morgan fingerprint density at radius 1 is 1.13 bits per heavy atom. The van der Waals surface area contributed by atoms with Gasteiger partial charge < -0.3 is 14.8 Å². The van der Waals surface area contributed by atoms with Gasteiger partial charge in [0.2, 0.25) is 5.09 Å². The Kier molecular flexibility index (Phi) is 4.82. The van der Waals surface area contributed by atoms with Crippen molar-refractivity contribution in [3.63, 3.8) is 0 Å². The van der Waals surface area contributed by atoms with Gasteiger partial charge in [0, 0.05) is 0 Å². The summed E-state index contributed by atoms with van der Waals surface area (Å²) < 4.78 is 30.1. The molecule has 0 aliphatic rings. The Hall–Kier alpha value is -2.65. The number of nitrogens with one attached hydrogen (secondary N) is 2. The third-order valence-electron chi connectivity index (χ3n) is 2.99. The lowest BCUT2D eigenvalue weighted by atomic mass is 10.1. The quantitative estimate of drug-likeness (QED) is 0.713. The van der Waals surface area contributed by atoms with Crippen LogP contribution < -0.4 is 10.0 Å². The molecule has 1 aromatic heterocycles. The molecule has 0 aliphatic carbocycles. The molecule has 2 rings (SSSR count). The predicted octanol–water partition coefficient (Wildman–Crippen LogP) is 0.743.